The molecule has 156 valence electrons. The van der Waals surface area contributed by atoms with E-state index in [1.807, 2.05) is 45.2 Å². The van der Waals surface area contributed by atoms with Crippen molar-refractivity contribution in [2.24, 2.45) is 0 Å². The first-order chi connectivity index (χ1) is 14.8. The molecule has 0 fully saturated rings. The van der Waals surface area contributed by atoms with Crippen LogP contribution in [0.1, 0.15) is 30.5 Å². The molecule has 0 spiro atoms. The van der Waals surface area contributed by atoms with Gasteiger partial charge in [-0.2, -0.15) is 5.26 Å². The van der Waals surface area contributed by atoms with Crippen LogP contribution in [-0.2, 0) is 0 Å². The Hall–Kier alpha value is -3.40. The minimum atomic E-state index is -0.915. The van der Waals surface area contributed by atoms with Crippen molar-refractivity contribution in [3.63, 3.8) is 0 Å². The van der Waals surface area contributed by atoms with Crippen LogP contribution in [0, 0.1) is 18.3 Å². The Morgan fingerprint density at radius 1 is 1.26 bits per heavy atom. The summed E-state index contributed by atoms with van der Waals surface area (Å²) in [5, 5.41) is 21.0. The third kappa shape index (κ3) is 3.74. The van der Waals surface area contributed by atoms with Gasteiger partial charge in [0.05, 0.1) is 22.4 Å². The molecule has 0 saturated carbocycles. The SMILES string of the molecule is Cc1c(C#N)cccc1-c1nc2[nH]c(=O)ccc2cc1C1=CN(C(C)C)C(O)C(Cl)=C1. The number of nitriles is 1. The number of aromatic amines is 1. The van der Waals surface area contributed by atoms with Crippen LogP contribution in [0.3, 0.4) is 0 Å². The third-order valence-corrected chi connectivity index (χ3v) is 5.74. The molecule has 0 amide bonds. The topological polar surface area (TPSA) is 93.0 Å². The number of nitrogens with one attached hydrogen (secondary N) is 1. The number of aliphatic hydroxyl groups excluding tert-OH is 1. The van der Waals surface area contributed by atoms with Crippen molar-refractivity contribution in [1.29, 1.82) is 5.26 Å². The lowest BCUT2D eigenvalue weighted by molar-refractivity contribution is 0.0537. The number of allylic oxidation sites excluding steroid dienone is 2. The van der Waals surface area contributed by atoms with Crippen molar-refractivity contribution in [3.05, 3.63) is 80.8 Å². The van der Waals surface area contributed by atoms with E-state index in [1.54, 1.807) is 23.1 Å². The molecule has 1 atom stereocenters. The summed E-state index contributed by atoms with van der Waals surface area (Å²) in [6, 6.07) is 12.8. The summed E-state index contributed by atoms with van der Waals surface area (Å²) in [5.41, 5.74) is 4.54. The van der Waals surface area contributed by atoms with E-state index in [2.05, 4.69) is 11.1 Å². The first kappa shape index (κ1) is 20.9. The van der Waals surface area contributed by atoms with Crippen LogP contribution in [0.2, 0.25) is 0 Å². The van der Waals surface area contributed by atoms with Crippen molar-refractivity contribution in [3.8, 4) is 17.3 Å². The maximum atomic E-state index is 11.9. The number of benzene rings is 1. The Kier molecular flexibility index (Phi) is 5.40. The van der Waals surface area contributed by atoms with Gasteiger partial charge in [0.15, 0.2) is 6.23 Å². The highest BCUT2D eigenvalue weighted by molar-refractivity contribution is 6.31. The van der Waals surface area contributed by atoms with E-state index >= 15 is 0 Å². The fraction of sp³-hybridized carbons (Fsp3) is 0.208. The Morgan fingerprint density at radius 3 is 2.74 bits per heavy atom. The van der Waals surface area contributed by atoms with Crippen LogP contribution < -0.4 is 5.56 Å². The predicted octanol–water partition coefficient (Wildman–Crippen LogP) is 4.28. The number of halogens is 1. The van der Waals surface area contributed by atoms with Crippen molar-refractivity contribution < 1.29 is 5.11 Å². The Labute approximate surface area is 184 Å². The summed E-state index contributed by atoms with van der Waals surface area (Å²) in [6.07, 6.45) is 2.68. The zero-order valence-electron chi connectivity index (χ0n) is 17.3. The summed E-state index contributed by atoms with van der Waals surface area (Å²) in [6.45, 7) is 5.81. The Balaban J connectivity index is 2.04. The maximum Gasteiger partial charge on any atom is 0.249 e. The number of aliphatic hydroxyl groups is 1. The fourth-order valence-corrected chi connectivity index (χ4v) is 3.96. The number of aromatic nitrogens is 2. The van der Waals surface area contributed by atoms with E-state index in [-0.39, 0.29) is 11.6 Å². The molecule has 0 bridgehead atoms. The average Bonchev–Trinajstić information content (AvgIpc) is 2.74. The molecule has 2 N–H and O–H groups in total. The molecule has 1 aliphatic heterocycles. The van der Waals surface area contributed by atoms with E-state index < -0.39 is 6.23 Å². The van der Waals surface area contributed by atoms with E-state index in [9.17, 15) is 15.2 Å². The smallest absolute Gasteiger partial charge is 0.249 e. The van der Waals surface area contributed by atoms with Gasteiger partial charge in [0, 0.05) is 40.4 Å². The van der Waals surface area contributed by atoms with Crippen LogP contribution in [0.15, 0.2) is 58.5 Å². The molecule has 2 aromatic heterocycles. The number of hydrogen-bond acceptors (Lipinski definition) is 5. The first-order valence-electron chi connectivity index (χ1n) is 9.89. The van der Waals surface area contributed by atoms with Gasteiger partial charge < -0.3 is 15.0 Å². The summed E-state index contributed by atoms with van der Waals surface area (Å²) in [4.78, 5) is 21.2. The second-order valence-electron chi connectivity index (χ2n) is 7.76. The van der Waals surface area contributed by atoms with Gasteiger partial charge in [-0.05, 0) is 50.6 Å². The highest BCUT2D eigenvalue weighted by Crippen LogP contribution is 2.37. The van der Waals surface area contributed by atoms with Crippen LogP contribution >= 0.6 is 11.6 Å². The van der Waals surface area contributed by atoms with Crippen LogP contribution in [0.5, 0.6) is 0 Å². The van der Waals surface area contributed by atoms with Gasteiger partial charge in [0.25, 0.3) is 0 Å². The predicted molar refractivity (Wildman–Crippen MR) is 122 cm³/mol. The van der Waals surface area contributed by atoms with Crippen molar-refractivity contribution in [1.82, 2.24) is 14.9 Å². The fourth-order valence-electron chi connectivity index (χ4n) is 3.73. The zero-order chi connectivity index (χ0) is 22.3. The molecular weight excluding hydrogens is 412 g/mol. The number of nitrogens with zero attached hydrogens (tertiary/aromatic N) is 3. The normalized spacial score (nSPS) is 16.3. The van der Waals surface area contributed by atoms with Crippen molar-refractivity contribution in [2.75, 3.05) is 0 Å². The van der Waals surface area contributed by atoms with Gasteiger partial charge in [-0.25, -0.2) is 4.98 Å². The van der Waals surface area contributed by atoms with Gasteiger partial charge in [0.1, 0.15) is 5.65 Å². The second kappa shape index (κ2) is 8.03. The molecule has 6 nitrogen and oxygen atoms in total. The quantitative estimate of drug-likeness (QED) is 0.644. The van der Waals surface area contributed by atoms with Crippen LogP contribution in [0.4, 0.5) is 0 Å². The summed E-state index contributed by atoms with van der Waals surface area (Å²) >= 11 is 6.38. The number of hydrogen-bond donors (Lipinski definition) is 2. The molecule has 3 heterocycles. The number of rotatable bonds is 3. The molecule has 1 aliphatic rings. The molecule has 0 aliphatic carbocycles. The Bertz CT molecular complexity index is 1350. The monoisotopic (exact) mass is 432 g/mol. The highest BCUT2D eigenvalue weighted by Gasteiger charge is 2.26. The molecule has 0 saturated heterocycles. The molecule has 1 aromatic carbocycles. The standard InChI is InChI=1S/C24H21ClN4O2/c1-13(2)29-12-17(10-20(25)24(29)31)19-9-15-7-8-21(30)27-23(15)28-22(19)18-6-4-5-16(11-26)14(18)3/h4-10,12-13,24,31H,1-3H3,(H,27,28,30). The van der Waals surface area contributed by atoms with Crippen LogP contribution in [0.25, 0.3) is 27.9 Å². The van der Waals surface area contributed by atoms with E-state index in [0.29, 0.717) is 21.9 Å². The van der Waals surface area contributed by atoms with Gasteiger partial charge >= 0.3 is 0 Å². The van der Waals surface area contributed by atoms with Crippen LogP contribution in [-0.4, -0.2) is 32.2 Å². The van der Waals surface area contributed by atoms with Crippen molar-refractivity contribution >= 4 is 28.2 Å². The van der Waals surface area contributed by atoms with Crippen molar-refractivity contribution in [2.45, 2.75) is 33.0 Å². The van der Waals surface area contributed by atoms with Gasteiger partial charge in [-0.3, -0.25) is 4.79 Å². The third-order valence-electron chi connectivity index (χ3n) is 5.44. The number of pyridine rings is 2. The highest BCUT2D eigenvalue weighted by atomic mass is 35.5. The molecule has 4 rings (SSSR count). The molecule has 31 heavy (non-hydrogen) atoms. The average molecular weight is 433 g/mol. The largest absolute Gasteiger partial charge is 0.368 e. The molecular formula is C24H21ClN4O2. The summed E-state index contributed by atoms with van der Waals surface area (Å²) < 4.78 is 0. The molecule has 0 radical (unpaired) electrons. The second-order valence-corrected chi connectivity index (χ2v) is 8.20. The van der Waals surface area contributed by atoms with Gasteiger partial charge in [-0.1, -0.05) is 23.7 Å². The first-order valence-corrected chi connectivity index (χ1v) is 10.3. The molecule has 7 heteroatoms. The van der Waals surface area contributed by atoms with Gasteiger partial charge in [-0.15, -0.1) is 0 Å². The van der Waals surface area contributed by atoms with E-state index in [4.69, 9.17) is 16.6 Å². The maximum absolute atomic E-state index is 11.9. The molecule has 3 aromatic rings. The summed E-state index contributed by atoms with van der Waals surface area (Å²) in [5.74, 6) is 0. The summed E-state index contributed by atoms with van der Waals surface area (Å²) in [7, 11) is 0. The lowest BCUT2D eigenvalue weighted by atomic mass is 9.93. The lowest BCUT2D eigenvalue weighted by Crippen LogP contribution is -2.38. The number of H-pyrrole nitrogens is 1. The lowest BCUT2D eigenvalue weighted by Gasteiger charge is -2.34. The van der Waals surface area contributed by atoms with E-state index in [1.165, 1.54) is 6.07 Å². The zero-order valence-corrected chi connectivity index (χ0v) is 18.1. The molecule has 1 unspecified atom stereocenters. The van der Waals surface area contributed by atoms with E-state index in [0.717, 1.165) is 27.6 Å². The van der Waals surface area contributed by atoms with Gasteiger partial charge in [0.2, 0.25) is 5.56 Å². The minimum absolute atomic E-state index is 0.0179. The minimum Gasteiger partial charge on any atom is -0.368 e. The Morgan fingerprint density at radius 2 is 2.03 bits per heavy atom. The number of fused-ring (bicyclic) bond motifs is 1.